The van der Waals surface area contributed by atoms with Crippen molar-refractivity contribution in [3.8, 4) is 22.4 Å². The molecule has 0 aliphatic carbocycles. The van der Waals surface area contributed by atoms with E-state index in [-0.39, 0.29) is 12.2 Å². The van der Waals surface area contributed by atoms with E-state index in [9.17, 15) is 9.90 Å². The first-order chi connectivity index (χ1) is 15.5. The van der Waals surface area contributed by atoms with Crippen LogP contribution in [0, 0.1) is 0 Å². The smallest absolute Gasteiger partial charge is 0.335 e. The van der Waals surface area contributed by atoms with Crippen LogP contribution in [-0.4, -0.2) is 30.6 Å². The zero-order valence-corrected chi connectivity index (χ0v) is 18.0. The molecule has 8 heteroatoms. The molecular formula is C24H15Cl2N3O3. The highest BCUT2D eigenvalue weighted by molar-refractivity contribution is 6.39. The predicted molar refractivity (Wildman–Crippen MR) is 124 cm³/mol. The van der Waals surface area contributed by atoms with Crippen LogP contribution >= 0.6 is 23.2 Å². The quantitative estimate of drug-likeness (QED) is 0.356. The third-order valence-electron chi connectivity index (χ3n) is 5.37. The number of aromatic nitrogens is 3. The van der Waals surface area contributed by atoms with Crippen LogP contribution in [-0.2, 0) is 6.61 Å². The largest absolute Gasteiger partial charge is 0.478 e. The summed E-state index contributed by atoms with van der Waals surface area (Å²) in [5.74, 6) is -0.977. The Morgan fingerprint density at radius 3 is 2.38 bits per heavy atom. The fourth-order valence-corrected chi connectivity index (χ4v) is 4.36. The van der Waals surface area contributed by atoms with Gasteiger partial charge in [0, 0.05) is 28.9 Å². The van der Waals surface area contributed by atoms with E-state index in [1.807, 2.05) is 12.1 Å². The molecule has 5 rings (SSSR count). The summed E-state index contributed by atoms with van der Waals surface area (Å²) >= 11 is 12.8. The predicted octanol–water partition coefficient (Wildman–Crippen LogP) is 5.71. The third kappa shape index (κ3) is 3.29. The number of carbonyl (C=O) groups is 1. The van der Waals surface area contributed by atoms with Crippen LogP contribution in [0.2, 0.25) is 10.0 Å². The molecular weight excluding hydrogens is 449 g/mol. The van der Waals surface area contributed by atoms with Crippen molar-refractivity contribution in [3.05, 3.63) is 88.3 Å². The number of hydrogen-bond acceptors (Lipinski definition) is 4. The maximum Gasteiger partial charge on any atom is 0.335 e. The van der Waals surface area contributed by atoms with Gasteiger partial charge >= 0.3 is 5.97 Å². The molecule has 2 aromatic carbocycles. The summed E-state index contributed by atoms with van der Waals surface area (Å²) in [7, 11) is 0. The lowest BCUT2D eigenvalue weighted by Gasteiger charge is -2.07. The van der Waals surface area contributed by atoms with Crippen LogP contribution in [0.3, 0.4) is 0 Å². The topological polar surface area (TPSA) is 87.7 Å². The minimum atomic E-state index is -0.977. The minimum Gasteiger partial charge on any atom is -0.478 e. The van der Waals surface area contributed by atoms with E-state index in [1.165, 1.54) is 0 Å². The highest BCUT2D eigenvalue weighted by Gasteiger charge is 2.20. The molecule has 2 N–H and O–H groups in total. The number of halogens is 2. The summed E-state index contributed by atoms with van der Waals surface area (Å²) in [6, 6.07) is 15.6. The van der Waals surface area contributed by atoms with Crippen LogP contribution in [0.5, 0.6) is 0 Å². The van der Waals surface area contributed by atoms with Crippen molar-refractivity contribution in [1.82, 2.24) is 14.4 Å². The van der Waals surface area contributed by atoms with Gasteiger partial charge < -0.3 is 14.6 Å². The number of hydrogen-bond donors (Lipinski definition) is 2. The molecule has 0 unspecified atom stereocenters. The van der Waals surface area contributed by atoms with Gasteiger partial charge in [-0.3, -0.25) is 4.98 Å². The molecule has 0 saturated carbocycles. The van der Waals surface area contributed by atoms with Crippen LogP contribution < -0.4 is 0 Å². The second-order valence-corrected chi connectivity index (χ2v) is 8.02. The normalized spacial score (nSPS) is 11.3. The second-order valence-electron chi connectivity index (χ2n) is 7.21. The number of fused-ring (bicyclic) bond motifs is 3. The van der Waals surface area contributed by atoms with Crippen molar-refractivity contribution < 1.29 is 15.0 Å². The Morgan fingerprint density at radius 2 is 1.72 bits per heavy atom. The van der Waals surface area contributed by atoms with E-state index in [0.717, 1.165) is 22.0 Å². The number of rotatable bonds is 4. The first-order valence-corrected chi connectivity index (χ1v) is 10.4. The molecule has 6 nitrogen and oxygen atoms in total. The van der Waals surface area contributed by atoms with Gasteiger partial charge in [0.05, 0.1) is 39.1 Å². The van der Waals surface area contributed by atoms with Gasteiger partial charge in [0.1, 0.15) is 5.65 Å². The third-order valence-corrected chi connectivity index (χ3v) is 6.00. The van der Waals surface area contributed by atoms with E-state index in [1.54, 1.807) is 59.3 Å². The fraction of sp³-hybridized carbons (Fsp3) is 0.0417. The molecule has 0 fully saturated rings. The maximum absolute atomic E-state index is 11.1. The average molecular weight is 464 g/mol. The number of aliphatic hydroxyl groups is 1. The van der Waals surface area contributed by atoms with E-state index in [4.69, 9.17) is 33.3 Å². The molecule has 0 radical (unpaired) electrons. The van der Waals surface area contributed by atoms with Crippen molar-refractivity contribution in [2.75, 3.05) is 0 Å². The SMILES string of the molecule is O=C(O)c1ccc(-c2cnc3ccn4c(CO)c(-c5c(Cl)cccc5Cl)nc4c3c2)cc1. The highest BCUT2D eigenvalue weighted by atomic mass is 35.5. The molecule has 0 amide bonds. The summed E-state index contributed by atoms with van der Waals surface area (Å²) < 4.78 is 1.80. The Hall–Kier alpha value is -3.45. The van der Waals surface area contributed by atoms with E-state index >= 15 is 0 Å². The number of carboxylic acids is 1. The maximum atomic E-state index is 11.1. The Morgan fingerprint density at radius 1 is 1.00 bits per heavy atom. The first kappa shape index (κ1) is 20.5. The van der Waals surface area contributed by atoms with E-state index in [0.29, 0.717) is 32.6 Å². The standard InChI is InChI=1S/C24H15Cl2N3O3/c25-17-2-1-3-18(26)21(17)22-20(12-30)29-9-8-19-16(23(29)28-22)10-15(11-27-19)13-4-6-14(7-5-13)24(31)32/h1-11,30H,12H2,(H,31,32). The summed E-state index contributed by atoms with van der Waals surface area (Å²) in [5.41, 5.74) is 4.82. The van der Waals surface area contributed by atoms with Crippen molar-refractivity contribution in [2.24, 2.45) is 0 Å². The highest BCUT2D eigenvalue weighted by Crippen LogP contribution is 2.37. The Kier molecular flexibility index (Phi) is 5.06. The lowest BCUT2D eigenvalue weighted by molar-refractivity contribution is 0.0697. The van der Waals surface area contributed by atoms with Crippen LogP contribution in [0.15, 0.2) is 67.0 Å². The molecule has 0 atom stereocenters. The van der Waals surface area contributed by atoms with E-state index in [2.05, 4.69) is 4.98 Å². The monoisotopic (exact) mass is 463 g/mol. The molecule has 32 heavy (non-hydrogen) atoms. The summed E-state index contributed by atoms with van der Waals surface area (Å²) in [5, 5.41) is 20.9. The molecule has 158 valence electrons. The van der Waals surface area contributed by atoms with Crippen LogP contribution in [0.4, 0.5) is 0 Å². The Bertz CT molecular complexity index is 1490. The van der Waals surface area contributed by atoms with Crippen LogP contribution in [0.1, 0.15) is 16.1 Å². The lowest BCUT2D eigenvalue weighted by Crippen LogP contribution is -1.96. The molecule has 0 aliphatic heterocycles. The second kappa shape index (κ2) is 7.91. The van der Waals surface area contributed by atoms with Gasteiger partial charge in [-0.2, -0.15) is 0 Å². The number of carboxylic acid groups (broad SMARTS) is 1. The number of pyridine rings is 2. The minimum absolute atomic E-state index is 0.215. The number of benzene rings is 2. The Balaban J connectivity index is 1.74. The van der Waals surface area contributed by atoms with Gasteiger partial charge in [0.2, 0.25) is 0 Å². The van der Waals surface area contributed by atoms with Crippen molar-refractivity contribution in [2.45, 2.75) is 6.61 Å². The summed E-state index contributed by atoms with van der Waals surface area (Å²) in [4.78, 5) is 20.5. The zero-order chi connectivity index (χ0) is 22.4. The molecule has 5 aromatic rings. The molecule has 0 spiro atoms. The lowest BCUT2D eigenvalue weighted by atomic mass is 10.0. The molecule has 0 aliphatic rings. The van der Waals surface area contributed by atoms with E-state index < -0.39 is 5.97 Å². The van der Waals surface area contributed by atoms with Crippen molar-refractivity contribution >= 4 is 45.7 Å². The number of nitrogens with zero attached hydrogens (tertiary/aromatic N) is 3. The first-order valence-electron chi connectivity index (χ1n) is 9.66. The van der Waals surface area contributed by atoms with Gasteiger partial charge in [-0.15, -0.1) is 0 Å². The number of aromatic carboxylic acids is 1. The Labute approximate surface area is 192 Å². The average Bonchev–Trinajstić information content (AvgIpc) is 3.17. The van der Waals surface area contributed by atoms with Crippen LogP contribution in [0.25, 0.3) is 38.9 Å². The summed E-state index contributed by atoms with van der Waals surface area (Å²) in [6.07, 6.45) is 3.54. The van der Waals surface area contributed by atoms with Gasteiger partial charge in [0.25, 0.3) is 0 Å². The fourth-order valence-electron chi connectivity index (χ4n) is 3.79. The number of imidazole rings is 1. The van der Waals surface area contributed by atoms with Gasteiger partial charge in [-0.05, 0) is 42.0 Å². The molecule has 3 aromatic heterocycles. The zero-order valence-electron chi connectivity index (χ0n) is 16.5. The van der Waals surface area contributed by atoms with Crippen molar-refractivity contribution in [1.29, 1.82) is 0 Å². The van der Waals surface area contributed by atoms with Gasteiger partial charge in [-0.25, -0.2) is 9.78 Å². The molecule has 3 heterocycles. The van der Waals surface area contributed by atoms with Crippen molar-refractivity contribution in [3.63, 3.8) is 0 Å². The molecule has 0 bridgehead atoms. The molecule has 0 saturated heterocycles. The van der Waals surface area contributed by atoms with Gasteiger partial charge in [0.15, 0.2) is 0 Å². The van der Waals surface area contributed by atoms with Gasteiger partial charge in [-0.1, -0.05) is 41.4 Å². The summed E-state index contributed by atoms with van der Waals surface area (Å²) in [6.45, 7) is -0.257. The number of aliphatic hydroxyl groups excluding tert-OH is 1.